The van der Waals surface area contributed by atoms with Crippen molar-refractivity contribution in [1.82, 2.24) is 14.5 Å². The van der Waals surface area contributed by atoms with E-state index in [1.807, 2.05) is 40.1 Å². The number of amides is 1. The van der Waals surface area contributed by atoms with Crippen LogP contribution in [0.15, 0.2) is 48.4 Å². The second-order valence-corrected chi connectivity index (χ2v) is 7.39. The first kappa shape index (κ1) is 17.6. The molecule has 0 spiro atoms. The van der Waals surface area contributed by atoms with Crippen LogP contribution in [0, 0.1) is 0 Å². The fourth-order valence-corrected chi connectivity index (χ4v) is 4.01. The van der Waals surface area contributed by atoms with Gasteiger partial charge in [0.25, 0.3) is 0 Å². The van der Waals surface area contributed by atoms with E-state index in [-0.39, 0.29) is 11.9 Å². The highest BCUT2D eigenvalue weighted by Crippen LogP contribution is 2.39. The quantitative estimate of drug-likeness (QED) is 0.691. The Labute approximate surface area is 162 Å². The third-order valence-corrected chi connectivity index (χ3v) is 5.69. The molecule has 6 nitrogen and oxygen atoms in total. The number of thiophene rings is 1. The molecule has 0 aliphatic carbocycles. The smallest absolute Gasteiger partial charge is 0.245 e. The normalized spacial score (nSPS) is 14.8. The van der Waals surface area contributed by atoms with Crippen molar-refractivity contribution in [3.05, 3.63) is 53.9 Å². The maximum Gasteiger partial charge on any atom is 0.245 e. The van der Waals surface area contributed by atoms with Crippen molar-refractivity contribution < 1.29 is 14.3 Å². The van der Waals surface area contributed by atoms with Crippen LogP contribution in [0.3, 0.4) is 0 Å². The molecule has 140 valence electrons. The van der Waals surface area contributed by atoms with Crippen LogP contribution in [0.25, 0.3) is 10.4 Å². The van der Waals surface area contributed by atoms with Gasteiger partial charge in [-0.1, -0.05) is 6.07 Å². The number of imidazole rings is 1. The van der Waals surface area contributed by atoms with E-state index in [1.165, 1.54) is 0 Å². The van der Waals surface area contributed by atoms with E-state index in [0.717, 1.165) is 21.8 Å². The van der Waals surface area contributed by atoms with E-state index in [1.54, 1.807) is 31.0 Å². The van der Waals surface area contributed by atoms with Crippen LogP contribution < -0.4 is 9.47 Å². The molecule has 2 aromatic heterocycles. The lowest BCUT2D eigenvalue weighted by atomic mass is 10.1. The second-order valence-electron chi connectivity index (χ2n) is 6.44. The summed E-state index contributed by atoms with van der Waals surface area (Å²) in [6.07, 6.45) is 5.16. The Kier molecular flexibility index (Phi) is 4.85. The molecule has 0 saturated carbocycles. The summed E-state index contributed by atoms with van der Waals surface area (Å²) in [6, 6.07) is 7.88. The predicted molar refractivity (Wildman–Crippen MR) is 104 cm³/mol. The van der Waals surface area contributed by atoms with Crippen LogP contribution in [0.4, 0.5) is 0 Å². The molecule has 1 atom stereocenters. The van der Waals surface area contributed by atoms with Gasteiger partial charge in [0.1, 0.15) is 12.6 Å². The maximum atomic E-state index is 13.0. The molecular weight excluding hydrogens is 362 g/mol. The lowest BCUT2D eigenvalue weighted by molar-refractivity contribution is -0.135. The Bertz CT molecular complexity index is 922. The highest BCUT2D eigenvalue weighted by atomic mass is 32.1. The molecule has 1 aliphatic rings. The van der Waals surface area contributed by atoms with Gasteiger partial charge in [0.2, 0.25) is 5.91 Å². The van der Waals surface area contributed by atoms with E-state index in [4.69, 9.17) is 9.47 Å². The standard InChI is InChI=1S/C20H21N3O3S/c1-14(23-6-5-21-13-23)20(24)22-7-8-26-19-16(12-22)10-15(11-17(19)25-2)18-4-3-9-27-18/h3-6,9-11,13-14H,7-8,12H2,1-2H3. The van der Waals surface area contributed by atoms with Crippen LogP contribution >= 0.6 is 11.3 Å². The topological polar surface area (TPSA) is 56.6 Å². The summed E-state index contributed by atoms with van der Waals surface area (Å²) in [7, 11) is 1.64. The van der Waals surface area contributed by atoms with Gasteiger partial charge < -0.3 is 18.9 Å². The fraction of sp³-hybridized carbons (Fsp3) is 0.300. The minimum atomic E-state index is -0.309. The summed E-state index contributed by atoms with van der Waals surface area (Å²) in [6.45, 7) is 3.34. The first-order valence-electron chi connectivity index (χ1n) is 8.81. The molecule has 0 saturated heterocycles. The van der Waals surface area contributed by atoms with Crippen molar-refractivity contribution in [1.29, 1.82) is 0 Å². The average molecular weight is 383 g/mol. The summed E-state index contributed by atoms with van der Waals surface area (Å²) in [5.74, 6) is 1.47. The Morgan fingerprint density at radius 1 is 1.41 bits per heavy atom. The molecule has 1 aliphatic heterocycles. The first-order valence-corrected chi connectivity index (χ1v) is 9.69. The predicted octanol–water partition coefficient (Wildman–Crippen LogP) is 3.60. The molecular formula is C20H21N3O3S. The molecule has 27 heavy (non-hydrogen) atoms. The van der Waals surface area contributed by atoms with Crippen LogP contribution in [0.1, 0.15) is 18.5 Å². The van der Waals surface area contributed by atoms with Crippen LogP contribution in [-0.2, 0) is 11.3 Å². The highest BCUT2D eigenvalue weighted by Gasteiger charge is 2.27. The van der Waals surface area contributed by atoms with Crippen molar-refractivity contribution in [2.45, 2.75) is 19.5 Å². The molecule has 1 amide bonds. The monoisotopic (exact) mass is 383 g/mol. The number of ether oxygens (including phenoxy) is 2. The molecule has 0 fully saturated rings. The van der Waals surface area contributed by atoms with Gasteiger partial charge >= 0.3 is 0 Å². The number of aromatic nitrogens is 2. The Morgan fingerprint density at radius 2 is 2.30 bits per heavy atom. The minimum Gasteiger partial charge on any atom is -0.493 e. The molecule has 3 heterocycles. The van der Waals surface area contributed by atoms with Crippen LogP contribution in [-0.4, -0.2) is 40.6 Å². The van der Waals surface area contributed by atoms with E-state index in [9.17, 15) is 4.79 Å². The van der Waals surface area contributed by atoms with Gasteiger partial charge in [-0.25, -0.2) is 4.98 Å². The van der Waals surface area contributed by atoms with Gasteiger partial charge in [-0.15, -0.1) is 11.3 Å². The zero-order valence-electron chi connectivity index (χ0n) is 15.3. The number of carbonyl (C=O) groups is 1. The van der Waals surface area contributed by atoms with E-state index in [0.29, 0.717) is 25.4 Å². The molecule has 7 heteroatoms. The third-order valence-electron chi connectivity index (χ3n) is 4.77. The van der Waals surface area contributed by atoms with Crippen LogP contribution in [0.5, 0.6) is 11.5 Å². The van der Waals surface area contributed by atoms with Gasteiger partial charge in [-0.3, -0.25) is 4.79 Å². The number of rotatable bonds is 4. The number of nitrogens with zero attached hydrogens (tertiary/aromatic N) is 3. The molecule has 1 unspecified atom stereocenters. The second kappa shape index (κ2) is 7.44. The fourth-order valence-electron chi connectivity index (χ4n) is 3.30. The SMILES string of the molecule is COc1cc(-c2cccs2)cc2c1OCCN(C(=O)C(C)n1ccnc1)C2. The van der Waals surface area contributed by atoms with Gasteiger partial charge in [-0.2, -0.15) is 0 Å². The Morgan fingerprint density at radius 3 is 3.00 bits per heavy atom. The van der Waals surface area contributed by atoms with Gasteiger partial charge in [0.05, 0.1) is 20.0 Å². The molecule has 0 N–H and O–H groups in total. The summed E-state index contributed by atoms with van der Waals surface area (Å²) in [5, 5.41) is 2.05. The molecule has 4 rings (SSSR count). The van der Waals surface area contributed by atoms with Crippen molar-refractivity contribution in [2.75, 3.05) is 20.3 Å². The number of benzene rings is 1. The van der Waals surface area contributed by atoms with Gasteiger partial charge in [-0.05, 0) is 36.1 Å². The molecule has 3 aromatic rings. The number of methoxy groups -OCH3 is 1. The summed E-state index contributed by atoms with van der Waals surface area (Å²) < 4.78 is 13.3. The Balaban J connectivity index is 1.66. The summed E-state index contributed by atoms with van der Waals surface area (Å²) in [4.78, 5) is 20.1. The van der Waals surface area contributed by atoms with Crippen molar-refractivity contribution >= 4 is 17.2 Å². The average Bonchev–Trinajstić information content (AvgIpc) is 3.37. The van der Waals surface area contributed by atoms with Crippen molar-refractivity contribution in [3.63, 3.8) is 0 Å². The lowest BCUT2D eigenvalue weighted by Crippen LogP contribution is -2.37. The van der Waals surface area contributed by atoms with E-state index < -0.39 is 0 Å². The molecule has 1 aromatic carbocycles. The number of hydrogen-bond acceptors (Lipinski definition) is 5. The molecule has 0 radical (unpaired) electrons. The van der Waals surface area contributed by atoms with Gasteiger partial charge in [0.15, 0.2) is 11.5 Å². The van der Waals surface area contributed by atoms with Crippen molar-refractivity contribution in [2.24, 2.45) is 0 Å². The van der Waals surface area contributed by atoms with Gasteiger partial charge in [0, 0.05) is 29.4 Å². The van der Waals surface area contributed by atoms with E-state index in [2.05, 4.69) is 17.1 Å². The zero-order chi connectivity index (χ0) is 18.8. The minimum absolute atomic E-state index is 0.0462. The van der Waals surface area contributed by atoms with Crippen molar-refractivity contribution in [3.8, 4) is 21.9 Å². The number of carbonyl (C=O) groups excluding carboxylic acids is 1. The third kappa shape index (κ3) is 3.42. The summed E-state index contributed by atoms with van der Waals surface area (Å²) in [5.41, 5.74) is 2.03. The summed E-state index contributed by atoms with van der Waals surface area (Å²) >= 11 is 1.67. The first-order chi connectivity index (χ1) is 13.2. The number of fused-ring (bicyclic) bond motifs is 1. The highest BCUT2D eigenvalue weighted by molar-refractivity contribution is 7.13. The lowest BCUT2D eigenvalue weighted by Gasteiger charge is -2.24. The zero-order valence-corrected chi connectivity index (χ0v) is 16.1. The molecule has 0 bridgehead atoms. The number of hydrogen-bond donors (Lipinski definition) is 0. The maximum absolute atomic E-state index is 13.0. The van der Waals surface area contributed by atoms with Crippen LogP contribution in [0.2, 0.25) is 0 Å². The largest absolute Gasteiger partial charge is 0.493 e. The Hall–Kier alpha value is -2.80. The van der Waals surface area contributed by atoms with E-state index >= 15 is 0 Å².